The zero-order valence-corrected chi connectivity index (χ0v) is 14.1. The van der Waals surface area contributed by atoms with Crippen molar-refractivity contribution < 1.29 is 0 Å². The molecule has 1 N–H and O–H groups in total. The van der Waals surface area contributed by atoms with E-state index in [0.717, 1.165) is 31.7 Å². The second-order valence-corrected chi connectivity index (χ2v) is 6.45. The first-order valence-electron chi connectivity index (χ1n) is 8.47. The molecule has 0 aliphatic carbocycles. The summed E-state index contributed by atoms with van der Waals surface area (Å²) in [5.74, 6) is 1.28. The van der Waals surface area contributed by atoms with E-state index in [9.17, 15) is 5.26 Å². The maximum atomic E-state index is 9.30. The number of nitriles is 1. The van der Waals surface area contributed by atoms with E-state index in [1.165, 1.54) is 18.4 Å². The molecule has 5 nitrogen and oxygen atoms in total. The minimum Gasteiger partial charge on any atom is -0.369 e. The number of hydrogen-bond donors (Lipinski definition) is 1. The molecular formula is C19H23N5. The second-order valence-electron chi connectivity index (χ2n) is 6.45. The molecule has 0 bridgehead atoms. The minimum atomic E-state index is 0.573. The summed E-state index contributed by atoms with van der Waals surface area (Å²) in [6.07, 6.45) is 7.93. The van der Waals surface area contributed by atoms with Crippen LogP contribution in [0.3, 0.4) is 0 Å². The van der Waals surface area contributed by atoms with Crippen LogP contribution in [0.4, 0.5) is 5.82 Å². The highest BCUT2D eigenvalue weighted by atomic mass is 15.1. The zero-order valence-electron chi connectivity index (χ0n) is 14.1. The number of nitrogens with one attached hydrogen (secondary N) is 1. The van der Waals surface area contributed by atoms with E-state index in [4.69, 9.17) is 0 Å². The molecule has 1 unspecified atom stereocenters. The number of nitrogens with zero attached hydrogens (tertiary/aromatic N) is 4. The molecule has 5 heteroatoms. The highest BCUT2D eigenvalue weighted by Gasteiger charge is 2.20. The molecule has 1 aliphatic rings. The standard InChI is InChI=1S/C19H23N5/c1-15-6-8-22-19(18(15)10-20)23-12-17-5-3-9-24(14-17)13-16-4-2-7-21-11-16/h2,4,6-8,11,17H,3,5,9,12-14H2,1H3,(H,22,23). The van der Waals surface area contributed by atoms with E-state index in [1.807, 2.05) is 31.5 Å². The Hall–Kier alpha value is -2.45. The highest BCUT2D eigenvalue weighted by Crippen LogP contribution is 2.20. The van der Waals surface area contributed by atoms with Gasteiger partial charge in [-0.1, -0.05) is 6.07 Å². The van der Waals surface area contributed by atoms with E-state index in [1.54, 1.807) is 6.20 Å². The van der Waals surface area contributed by atoms with E-state index in [2.05, 4.69) is 32.3 Å². The third-order valence-corrected chi connectivity index (χ3v) is 4.56. The first-order chi connectivity index (χ1) is 11.8. The van der Waals surface area contributed by atoms with Gasteiger partial charge in [0.05, 0.1) is 5.56 Å². The molecule has 24 heavy (non-hydrogen) atoms. The van der Waals surface area contributed by atoms with Crippen LogP contribution in [0.25, 0.3) is 0 Å². The van der Waals surface area contributed by atoms with Gasteiger partial charge in [0.25, 0.3) is 0 Å². The fourth-order valence-electron chi connectivity index (χ4n) is 3.29. The van der Waals surface area contributed by atoms with Crippen molar-refractivity contribution in [3.63, 3.8) is 0 Å². The number of piperidine rings is 1. The van der Waals surface area contributed by atoms with Crippen LogP contribution in [0.1, 0.15) is 29.5 Å². The van der Waals surface area contributed by atoms with Crippen molar-refractivity contribution in [1.82, 2.24) is 14.9 Å². The summed E-state index contributed by atoms with van der Waals surface area (Å²) in [6.45, 7) is 5.96. The molecule has 3 rings (SSSR count). The highest BCUT2D eigenvalue weighted by molar-refractivity contribution is 5.55. The van der Waals surface area contributed by atoms with Gasteiger partial charge in [0.2, 0.25) is 0 Å². The third-order valence-electron chi connectivity index (χ3n) is 4.56. The predicted octanol–water partition coefficient (Wildman–Crippen LogP) is 2.98. The van der Waals surface area contributed by atoms with Crippen LogP contribution in [0.2, 0.25) is 0 Å². The van der Waals surface area contributed by atoms with Gasteiger partial charge in [0.1, 0.15) is 11.9 Å². The Labute approximate surface area is 143 Å². The second kappa shape index (κ2) is 7.89. The largest absolute Gasteiger partial charge is 0.369 e. The van der Waals surface area contributed by atoms with Gasteiger partial charge in [0, 0.05) is 38.2 Å². The van der Waals surface area contributed by atoms with Crippen molar-refractivity contribution in [3.8, 4) is 6.07 Å². The first kappa shape index (κ1) is 16.4. The van der Waals surface area contributed by atoms with Crippen LogP contribution >= 0.6 is 0 Å². The topological polar surface area (TPSA) is 64.8 Å². The van der Waals surface area contributed by atoms with Gasteiger partial charge in [0.15, 0.2) is 0 Å². The fraction of sp³-hybridized carbons (Fsp3) is 0.421. The Morgan fingerprint density at radius 3 is 3.08 bits per heavy atom. The molecule has 124 valence electrons. The van der Waals surface area contributed by atoms with Crippen LogP contribution in [0, 0.1) is 24.2 Å². The van der Waals surface area contributed by atoms with E-state index < -0.39 is 0 Å². The van der Waals surface area contributed by atoms with Crippen molar-refractivity contribution in [3.05, 3.63) is 53.5 Å². The summed E-state index contributed by atoms with van der Waals surface area (Å²) in [5.41, 5.74) is 2.88. The van der Waals surface area contributed by atoms with Crippen LogP contribution in [0.5, 0.6) is 0 Å². The third kappa shape index (κ3) is 4.09. The number of hydrogen-bond acceptors (Lipinski definition) is 5. The average molecular weight is 321 g/mol. The van der Waals surface area contributed by atoms with Gasteiger partial charge in [-0.05, 0) is 55.5 Å². The van der Waals surface area contributed by atoms with Gasteiger partial charge in [-0.15, -0.1) is 0 Å². The van der Waals surface area contributed by atoms with E-state index in [0.29, 0.717) is 17.3 Å². The van der Waals surface area contributed by atoms with E-state index >= 15 is 0 Å². The summed E-state index contributed by atoms with van der Waals surface area (Å²) in [6, 6.07) is 8.25. The normalized spacial score (nSPS) is 18.1. The Kier molecular flexibility index (Phi) is 5.39. The Morgan fingerprint density at radius 1 is 1.38 bits per heavy atom. The molecular weight excluding hydrogens is 298 g/mol. The molecule has 0 spiro atoms. The molecule has 0 aromatic carbocycles. The Morgan fingerprint density at radius 2 is 2.29 bits per heavy atom. The summed E-state index contributed by atoms with van der Waals surface area (Å²) in [4.78, 5) is 11.0. The summed E-state index contributed by atoms with van der Waals surface area (Å²) in [7, 11) is 0. The lowest BCUT2D eigenvalue weighted by Crippen LogP contribution is -2.37. The van der Waals surface area contributed by atoms with Crippen LogP contribution in [0.15, 0.2) is 36.8 Å². The zero-order chi connectivity index (χ0) is 16.8. The Bertz CT molecular complexity index is 707. The van der Waals surface area contributed by atoms with Gasteiger partial charge >= 0.3 is 0 Å². The fourth-order valence-corrected chi connectivity index (χ4v) is 3.29. The lowest BCUT2D eigenvalue weighted by Gasteiger charge is -2.33. The molecule has 1 fully saturated rings. The molecule has 0 radical (unpaired) electrons. The molecule has 2 aromatic heterocycles. The summed E-state index contributed by atoms with van der Waals surface area (Å²) >= 11 is 0. The molecule has 1 aliphatic heterocycles. The van der Waals surface area contributed by atoms with Crippen molar-refractivity contribution in [1.29, 1.82) is 5.26 Å². The maximum Gasteiger partial charge on any atom is 0.144 e. The van der Waals surface area contributed by atoms with Gasteiger partial charge in [-0.25, -0.2) is 4.98 Å². The summed E-state index contributed by atoms with van der Waals surface area (Å²) < 4.78 is 0. The van der Waals surface area contributed by atoms with Crippen molar-refractivity contribution >= 4 is 5.82 Å². The average Bonchev–Trinajstić information content (AvgIpc) is 2.61. The number of aryl methyl sites for hydroxylation is 1. The Balaban J connectivity index is 1.56. The van der Waals surface area contributed by atoms with E-state index in [-0.39, 0.29) is 0 Å². The van der Waals surface area contributed by atoms with Gasteiger partial charge in [-0.3, -0.25) is 9.88 Å². The lowest BCUT2D eigenvalue weighted by atomic mass is 9.97. The molecule has 0 amide bonds. The molecule has 0 saturated carbocycles. The van der Waals surface area contributed by atoms with Gasteiger partial charge in [-0.2, -0.15) is 5.26 Å². The van der Waals surface area contributed by atoms with Crippen molar-refractivity contribution in [2.24, 2.45) is 5.92 Å². The lowest BCUT2D eigenvalue weighted by molar-refractivity contribution is 0.173. The predicted molar refractivity (Wildman–Crippen MR) is 94.4 cm³/mol. The quantitative estimate of drug-likeness (QED) is 0.917. The molecule has 1 saturated heterocycles. The monoisotopic (exact) mass is 321 g/mol. The van der Waals surface area contributed by atoms with Gasteiger partial charge < -0.3 is 5.32 Å². The van der Waals surface area contributed by atoms with Crippen molar-refractivity contribution in [2.45, 2.75) is 26.3 Å². The van der Waals surface area contributed by atoms with Crippen LogP contribution < -0.4 is 5.32 Å². The maximum absolute atomic E-state index is 9.30. The minimum absolute atomic E-state index is 0.573. The number of rotatable bonds is 5. The van der Waals surface area contributed by atoms with Crippen molar-refractivity contribution in [2.75, 3.05) is 25.0 Å². The number of aromatic nitrogens is 2. The number of likely N-dealkylation sites (tertiary alicyclic amines) is 1. The van der Waals surface area contributed by atoms with Crippen LogP contribution in [-0.2, 0) is 6.54 Å². The molecule has 2 aromatic rings. The summed E-state index contributed by atoms with van der Waals surface area (Å²) in [5, 5.41) is 12.7. The molecule has 1 atom stereocenters. The smallest absolute Gasteiger partial charge is 0.144 e. The first-order valence-corrected chi connectivity index (χ1v) is 8.47. The SMILES string of the molecule is Cc1ccnc(NCC2CCCN(Cc3cccnc3)C2)c1C#N. The van der Waals surface area contributed by atoms with Crippen LogP contribution in [-0.4, -0.2) is 34.5 Å². The number of pyridine rings is 2. The number of anilines is 1. The molecule has 3 heterocycles.